The van der Waals surface area contributed by atoms with Gasteiger partial charge < -0.3 is 4.90 Å². The van der Waals surface area contributed by atoms with Crippen LogP contribution < -0.4 is 0 Å². The Labute approximate surface area is 129 Å². The minimum atomic E-state index is -0.557. The molecule has 0 bridgehead atoms. The van der Waals surface area contributed by atoms with Crippen LogP contribution in [0, 0.1) is 10.1 Å². The highest BCUT2D eigenvalue weighted by atomic mass is 35.5. The second kappa shape index (κ2) is 6.89. The standard InChI is InChI=1S/C15H19ClN2O3/c1-2-11-7-4-3-5-10-17(11)15(19)12-8-6-9-13(14(12)16)18(20)21/h6,8-9,11H,2-5,7,10H2,1H3. The van der Waals surface area contributed by atoms with Crippen LogP contribution in [0.5, 0.6) is 0 Å². The molecule has 1 saturated heterocycles. The van der Waals surface area contributed by atoms with Crippen LogP contribution in [-0.2, 0) is 0 Å². The van der Waals surface area contributed by atoms with Crippen LogP contribution in [0.1, 0.15) is 49.4 Å². The molecule has 1 heterocycles. The highest BCUT2D eigenvalue weighted by molar-refractivity contribution is 6.35. The molecule has 21 heavy (non-hydrogen) atoms. The summed E-state index contributed by atoms with van der Waals surface area (Å²) in [5, 5.41) is 10.9. The zero-order valence-corrected chi connectivity index (χ0v) is 12.8. The topological polar surface area (TPSA) is 63.5 Å². The summed E-state index contributed by atoms with van der Waals surface area (Å²) < 4.78 is 0. The predicted octanol–water partition coefficient (Wildman–Crippen LogP) is 4.04. The van der Waals surface area contributed by atoms with Gasteiger partial charge in [0.2, 0.25) is 0 Å². The number of carbonyl (C=O) groups is 1. The molecule has 114 valence electrons. The number of rotatable bonds is 3. The van der Waals surface area contributed by atoms with Crippen molar-refractivity contribution in [2.45, 2.75) is 45.1 Å². The molecule has 5 nitrogen and oxygen atoms in total. The van der Waals surface area contributed by atoms with Crippen LogP contribution in [0.4, 0.5) is 5.69 Å². The van der Waals surface area contributed by atoms with Gasteiger partial charge in [0.25, 0.3) is 11.6 Å². The van der Waals surface area contributed by atoms with Gasteiger partial charge in [-0.1, -0.05) is 37.4 Å². The SMILES string of the molecule is CCC1CCCCCN1C(=O)c1cccc([N+](=O)[O-])c1Cl. The molecule has 2 rings (SSSR count). The Hall–Kier alpha value is -1.62. The van der Waals surface area contributed by atoms with Crippen molar-refractivity contribution in [3.05, 3.63) is 38.9 Å². The summed E-state index contributed by atoms with van der Waals surface area (Å²) in [5.74, 6) is -0.197. The molecule has 1 aromatic rings. The molecule has 1 aromatic carbocycles. The summed E-state index contributed by atoms with van der Waals surface area (Å²) in [6, 6.07) is 4.58. The Bertz CT molecular complexity index is 548. The van der Waals surface area contributed by atoms with Gasteiger partial charge >= 0.3 is 0 Å². The van der Waals surface area contributed by atoms with Crippen molar-refractivity contribution in [2.75, 3.05) is 6.54 Å². The van der Waals surface area contributed by atoms with Crippen LogP contribution in [0.25, 0.3) is 0 Å². The zero-order chi connectivity index (χ0) is 15.4. The number of carbonyl (C=O) groups excluding carboxylic acids is 1. The maximum Gasteiger partial charge on any atom is 0.288 e. The molecule has 1 atom stereocenters. The molecule has 0 N–H and O–H groups in total. The Morgan fingerprint density at radius 1 is 1.43 bits per heavy atom. The number of nitro groups is 1. The molecule has 1 amide bonds. The van der Waals surface area contributed by atoms with E-state index in [9.17, 15) is 14.9 Å². The number of likely N-dealkylation sites (tertiary alicyclic amines) is 1. The molecule has 0 spiro atoms. The average molecular weight is 311 g/mol. The first kappa shape index (κ1) is 15.8. The van der Waals surface area contributed by atoms with Gasteiger partial charge in [-0.05, 0) is 25.3 Å². The lowest BCUT2D eigenvalue weighted by atomic mass is 10.1. The lowest BCUT2D eigenvalue weighted by Crippen LogP contribution is -2.39. The number of nitro benzene ring substituents is 1. The summed E-state index contributed by atoms with van der Waals surface area (Å²) in [4.78, 5) is 25.0. The second-order valence-corrected chi connectivity index (χ2v) is 5.68. The van der Waals surface area contributed by atoms with Crippen LogP contribution in [0.3, 0.4) is 0 Å². The number of hydrogen-bond donors (Lipinski definition) is 0. The van der Waals surface area contributed by atoms with Crippen molar-refractivity contribution in [3.63, 3.8) is 0 Å². The molecular weight excluding hydrogens is 292 g/mol. The quantitative estimate of drug-likeness (QED) is 0.625. The minimum absolute atomic E-state index is 0.0633. The summed E-state index contributed by atoms with van der Waals surface area (Å²) in [6.07, 6.45) is 5.07. The van der Waals surface area contributed by atoms with E-state index in [4.69, 9.17) is 11.6 Å². The maximum absolute atomic E-state index is 12.7. The molecule has 0 aliphatic carbocycles. The van der Waals surface area contributed by atoms with Crippen molar-refractivity contribution >= 4 is 23.2 Å². The summed E-state index contributed by atoms with van der Waals surface area (Å²) in [7, 11) is 0. The molecule has 1 unspecified atom stereocenters. The minimum Gasteiger partial charge on any atom is -0.336 e. The van der Waals surface area contributed by atoms with Crippen molar-refractivity contribution in [3.8, 4) is 0 Å². The van der Waals surface area contributed by atoms with Crippen molar-refractivity contribution in [1.82, 2.24) is 4.90 Å². The van der Waals surface area contributed by atoms with Gasteiger partial charge in [-0.15, -0.1) is 0 Å². The molecular formula is C15H19ClN2O3. The smallest absolute Gasteiger partial charge is 0.288 e. The van der Waals surface area contributed by atoms with Crippen molar-refractivity contribution in [2.24, 2.45) is 0 Å². The van der Waals surface area contributed by atoms with E-state index in [0.29, 0.717) is 6.54 Å². The van der Waals surface area contributed by atoms with Crippen molar-refractivity contribution in [1.29, 1.82) is 0 Å². The Morgan fingerprint density at radius 2 is 2.19 bits per heavy atom. The van der Waals surface area contributed by atoms with Gasteiger partial charge in [-0.25, -0.2) is 0 Å². The van der Waals surface area contributed by atoms with E-state index >= 15 is 0 Å². The Balaban J connectivity index is 2.34. The Kier molecular flexibility index (Phi) is 5.17. The average Bonchev–Trinajstić information content (AvgIpc) is 2.71. The number of benzene rings is 1. The van der Waals surface area contributed by atoms with Gasteiger partial charge in [0.15, 0.2) is 0 Å². The highest BCUT2D eigenvalue weighted by Crippen LogP contribution is 2.30. The summed E-state index contributed by atoms with van der Waals surface area (Å²) >= 11 is 6.06. The first-order valence-electron chi connectivity index (χ1n) is 7.30. The van der Waals surface area contributed by atoms with Crippen LogP contribution in [-0.4, -0.2) is 28.3 Å². The number of nitrogens with zero attached hydrogens (tertiary/aromatic N) is 2. The lowest BCUT2D eigenvalue weighted by molar-refractivity contribution is -0.384. The van der Waals surface area contributed by atoms with Crippen LogP contribution in [0.15, 0.2) is 18.2 Å². The van der Waals surface area contributed by atoms with Crippen LogP contribution in [0.2, 0.25) is 5.02 Å². The van der Waals surface area contributed by atoms with E-state index in [0.717, 1.165) is 32.1 Å². The largest absolute Gasteiger partial charge is 0.336 e. The van der Waals surface area contributed by atoms with Crippen molar-refractivity contribution < 1.29 is 9.72 Å². The van der Waals surface area contributed by atoms with E-state index in [1.165, 1.54) is 12.1 Å². The molecule has 1 aliphatic heterocycles. The third-order valence-electron chi connectivity index (χ3n) is 4.01. The second-order valence-electron chi connectivity index (χ2n) is 5.31. The van der Waals surface area contributed by atoms with E-state index in [2.05, 4.69) is 6.92 Å². The van der Waals surface area contributed by atoms with Crippen LogP contribution >= 0.6 is 11.6 Å². The van der Waals surface area contributed by atoms with E-state index < -0.39 is 4.92 Å². The Morgan fingerprint density at radius 3 is 2.86 bits per heavy atom. The van der Waals surface area contributed by atoms with E-state index in [1.54, 1.807) is 6.07 Å². The van der Waals surface area contributed by atoms with Gasteiger partial charge in [0, 0.05) is 18.7 Å². The number of hydrogen-bond acceptors (Lipinski definition) is 3. The van der Waals surface area contributed by atoms with Gasteiger partial charge in [-0.2, -0.15) is 0 Å². The molecule has 0 saturated carbocycles. The fraction of sp³-hybridized carbons (Fsp3) is 0.533. The normalized spacial score (nSPS) is 19.1. The summed E-state index contributed by atoms with van der Waals surface area (Å²) in [6.45, 7) is 2.75. The predicted molar refractivity (Wildman–Crippen MR) is 81.7 cm³/mol. The first-order chi connectivity index (χ1) is 10.1. The summed E-state index contributed by atoms with van der Waals surface area (Å²) in [5.41, 5.74) is 0.0107. The fourth-order valence-electron chi connectivity index (χ4n) is 2.85. The lowest BCUT2D eigenvalue weighted by Gasteiger charge is -2.29. The molecule has 1 aliphatic rings. The third-order valence-corrected chi connectivity index (χ3v) is 4.41. The molecule has 0 radical (unpaired) electrons. The van der Waals surface area contributed by atoms with Gasteiger partial charge in [0.05, 0.1) is 10.5 Å². The van der Waals surface area contributed by atoms with Gasteiger partial charge in [0.1, 0.15) is 5.02 Å². The number of halogens is 1. The van der Waals surface area contributed by atoms with E-state index in [1.807, 2.05) is 4.90 Å². The fourth-order valence-corrected chi connectivity index (χ4v) is 3.13. The highest BCUT2D eigenvalue weighted by Gasteiger charge is 2.28. The third kappa shape index (κ3) is 3.35. The molecule has 6 heteroatoms. The van der Waals surface area contributed by atoms with E-state index in [-0.39, 0.29) is 28.2 Å². The maximum atomic E-state index is 12.7. The number of amides is 1. The van der Waals surface area contributed by atoms with Gasteiger partial charge in [-0.3, -0.25) is 14.9 Å². The first-order valence-corrected chi connectivity index (χ1v) is 7.68. The molecule has 1 fully saturated rings. The molecule has 0 aromatic heterocycles. The monoisotopic (exact) mass is 310 g/mol. The zero-order valence-electron chi connectivity index (χ0n) is 12.0.